The lowest BCUT2D eigenvalue weighted by Crippen LogP contribution is -2.41. The minimum Gasteiger partial charge on any atom is -0.435 e. The molecule has 2 aromatic rings. The van der Waals surface area contributed by atoms with Gasteiger partial charge in [-0.1, -0.05) is 30.3 Å². The number of hydrogen-bond donors (Lipinski definition) is 1. The highest BCUT2D eigenvalue weighted by atomic mass is 19.3. The monoisotopic (exact) mass is 415 g/mol. The van der Waals surface area contributed by atoms with Gasteiger partial charge in [-0.2, -0.15) is 8.78 Å². The molecule has 2 aliphatic rings. The third-order valence-corrected chi connectivity index (χ3v) is 5.30. The van der Waals surface area contributed by atoms with Crippen molar-refractivity contribution in [2.75, 3.05) is 7.05 Å². The minimum absolute atomic E-state index is 0.00676. The molecule has 8 heteroatoms. The number of benzene rings is 2. The van der Waals surface area contributed by atoms with Crippen molar-refractivity contribution in [3.8, 4) is 5.75 Å². The van der Waals surface area contributed by atoms with Crippen LogP contribution < -0.4 is 10.5 Å². The van der Waals surface area contributed by atoms with Crippen LogP contribution in [0.15, 0.2) is 59.6 Å². The molecule has 0 aromatic heterocycles. The number of ether oxygens (including phenoxy) is 1. The third kappa shape index (κ3) is 3.53. The molecule has 156 valence electrons. The van der Waals surface area contributed by atoms with Gasteiger partial charge in [0.2, 0.25) is 0 Å². The highest BCUT2D eigenvalue weighted by Crippen LogP contribution is 2.41. The molecule has 1 aliphatic carbocycles. The van der Waals surface area contributed by atoms with Crippen LogP contribution >= 0.6 is 0 Å². The number of aliphatic imine (C=N–C) groups is 1. The van der Waals surface area contributed by atoms with Gasteiger partial charge in [-0.3, -0.25) is 9.69 Å². The van der Waals surface area contributed by atoms with E-state index in [4.69, 9.17) is 5.73 Å². The number of amides is 1. The second-order valence-corrected chi connectivity index (χ2v) is 7.38. The molecular weight excluding hydrogens is 395 g/mol. The lowest BCUT2D eigenvalue weighted by atomic mass is 9.82. The zero-order valence-electron chi connectivity index (χ0n) is 16.2. The lowest BCUT2D eigenvalue weighted by Gasteiger charge is -2.26. The molecule has 2 N–H and O–H groups in total. The van der Waals surface area contributed by atoms with Gasteiger partial charge in [0.05, 0.1) is 0 Å². The van der Waals surface area contributed by atoms with Crippen LogP contribution in [-0.4, -0.2) is 30.4 Å². The SMILES string of the molecule is CN1C(=O)C(c2ccc(OC(F)F)cc2)(c2cccc(C(F)=CC3CC3)c2)N=C1N. The number of carbonyl (C=O) groups is 1. The first-order valence-electron chi connectivity index (χ1n) is 9.48. The fourth-order valence-electron chi connectivity index (χ4n) is 3.52. The summed E-state index contributed by atoms with van der Waals surface area (Å²) < 4.78 is 44.0. The predicted octanol–water partition coefficient (Wildman–Crippen LogP) is 4.04. The van der Waals surface area contributed by atoms with Gasteiger partial charge in [0.15, 0.2) is 11.5 Å². The molecule has 1 fully saturated rings. The zero-order chi connectivity index (χ0) is 21.5. The van der Waals surface area contributed by atoms with Crippen LogP contribution in [0.1, 0.15) is 29.5 Å². The number of hydrogen-bond acceptors (Lipinski definition) is 4. The second kappa shape index (κ2) is 7.51. The van der Waals surface area contributed by atoms with Crippen molar-refractivity contribution in [1.82, 2.24) is 4.90 Å². The molecule has 0 saturated heterocycles. The van der Waals surface area contributed by atoms with Crippen molar-refractivity contribution in [2.45, 2.75) is 25.0 Å². The van der Waals surface area contributed by atoms with Crippen LogP contribution in [-0.2, 0) is 10.3 Å². The number of alkyl halides is 2. The number of rotatable bonds is 6. The van der Waals surface area contributed by atoms with E-state index in [1.165, 1.54) is 36.2 Å². The Morgan fingerprint density at radius 2 is 1.93 bits per heavy atom. The van der Waals surface area contributed by atoms with E-state index in [2.05, 4.69) is 9.73 Å². The fourth-order valence-corrected chi connectivity index (χ4v) is 3.52. The maximum Gasteiger partial charge on any atom is 0.387 e. The Labute approximate surface area is 171 Å². The largest absolute Gasteiger partial charge is 0.435 e. The summed E-state index contributed by atoms with van der Waals surface area (Å²) in [4.78, 5) is 18.9. The van der Waals surface area contributed by atoms with Gasteiger partial charge in [0.1, 0.15) is 11.6 Å². The van der Waals surface area contributed by atoms with Crippen LogP contribution in [0, 0.1) is 5.92 Å². The number of halogens is 3. The molecule has 0 spiro atoms. The summed E-state index contributed by atoms with van der Waals surface area (Å²) in [6.45, 7) is -2.96. The number of nitrogens with two attached hydrogens (primary N) is 1. The zero-order valence-corrected chi connectivity index (χ0v) is 16.2. The predicted molar refractivity (Wildman–Crippen MR) is 106 cm³/mol. The van der Waals surface area contributed by atoms with Crippen LogP contribution in [0.4, 0.5) is 13.2 Å². The van der Waals surface area contributed by atoms with Crippen molar-refractivity contribution >= 4 is 17.7 Å². The molecule has 0 bridgehead atoms. The van der Waals surface area contributed by atoms with E-state index >= 15 is 0 Å². The average Bonchev–Trinajstić information content (AvgIpc) is 3.51. The Hall–Kier alpha value is -3.29. The maximum absolute atomic E-state index is 14.7. The van der Waals surface area contributed by atoms with Crippen LogP contribution in [0.25, 0.3) is 5.83 Å². The van der Waals surface area contributed by atoms with Crippen LogP contribution in [0.5, 0.6) is 5.75 Å². The first-order chi connectivity index (χ1) is 14.3. The molecule has 2 aromatic carbocycles. The normalized spacial score (nSPS) is 21.9. The number of nitrogens with zero attached hydrogens (tertiary/aromatic N) is 2. The molecule has 1 atom stereocenters. The Morgan fingerprint density at radius 3 is 2.50 bits per heavy atom. The van der Waals surface area contributed by atoms with Gasteiger partial charge in [-0.25, -0.2) is 9.38 Å². The van der Waals surface area contributed by atoms with E-state index in [9.17, 15) is 18.0 Å². The lowest BCUT2D eigenvalue weighted by molar-refractivity contribution is -0.129. The topological polar surface area (TPSA) is 67.9 Å². The molecule has 4 rings (SSSR count). The summed E-state index contributed by atoms with van der Waals surface area (Å²) in [5.41, 5.74) is 5.57. The molecule has 1 aliphatic heterocycles. The van der Waals surface area contributed by atoms with Crippen LogP contribution in [0.2, 0.25) is 0 Å². The van der Waals surface area contributed by atoms with Gasteiger partial charge in [-0.05, 0) is 54.2 Å². The first-order valence-corrected chi connectivity index (χ1v) is 9.48. The summed E-state index contributed by atoms with van der Waals surface area (Å²) in [6.07, 6.45) is 3.52. The standard InChI is InChI=1S/C22H20F3N3O2/c1-28-19(29)22(27-21(28)26,15-7-9-17(10-8-15)30-20(24)25)16-4-2-3-14(12-16)18(23)11-13-5-6-13/h2-4,7-13,20H,5-6H2,1H3,(H2,26,27). The highest BCUT2D eigenvalue weighted by Gasteiger charge is 2.49. The Balaban J connectivity index is 1.81. The van der Waals surface area contributed by atoms with Crippen LogP contribution in [0.3, 0.4) is 0 Å². The average molecular weight is 415 g/mol. The van der Waals surface area contributed by atoms with Gasteiger partial charge < -0.3 is 10.5 Å². The molecule has 5 nitrogen and oxygen atoms in total. The third-order valence-electron chi connectivity index (χ3n) is 5.30. The van der Waals surface area contributed by atoms with Gasteiger partial charge >= 0.3 is 6.61 Å². The summed E-state index contributed by atoms with van der Waals surface area (Å²) in [7, 11) is 1.49. The highest BCUT2D eigenvalue weighted by molar-refractivity contribution is 6.09. The Bertz CT molecular complexity index is 1030. The van der Waals surface area contributed by atoms with Gasteiger partial charge in [0, 0.05) is 12.6 Å². The summed E-state index contributed by atoms with van der Waals surface area (Å²) in [5, 5.41) is 0. The van der Waals surface area contributed by atoms with E-state index in [-0.39, 0.29) is 23.5 Å². The van der Waals surface area contributed by atoms with Crippen molar-refractivity contribution in [3.05, 3.63) is 71.3 Å². The van der Waals surface area contributed by atoms with Gasteiger partial charge in [-0.15, -0.1) is 0 Å². The fraction of sp³-hybridized carbons (Fsp3) is 0.273. The molecule has 0 radical (unpaired) electrons. The van der Waals surface area contributed by atoms with E-state index in [1.54, 1.807) is 30.3 Å². The number of carbonyl (C=O) groups excluding carboxylic acids is 1. The summed E-state index contributed by atoms with van der Waals surface area (Å²) >= 11 is 0. The van der Waals surface area contributed by atoms with E-state index < -0.39 is 18.1 Å². The first kappa shape index (κ1) is 20.0. The number of likely N-dealkylation sites (N-methyl/N-ethyl adjacent to an activating group) is 1. The second-order valence-electron chi connectivity index (χ2n) is 7.38. The van der Waals surface area contributed by atoms with Gasteiger partial charge in [0.25, 0.3) is 5.91 Å². The van der Waals surface area contributed by atoms with Crippen molar-refractivity contribution in [2.24, 2.45) is 16.6 Å². The Morgan fingerprint density at radius 1 is 1.23 bits per heavy atom. The molecule has 1 unspecified atom stereocenters. The van der Waals surface area contributed by atoms with E-state index in [1.807, 2.05) is 0 Å². The smallest absolute Gasteiger partial charge is 0.387 e. The minimum atomic E-state index is -2.96. The molecule has 1 saturated carbocycles. The Kier molecular flexibility index (Phi) is 5.01. The molecule has 30 heavy (non-hydrogen) atoms. The molecule has 1 amide bonds. The van der Waals surface area contributed by atoms with E-state index in [0.29, 0.717) is 16.7 Å². The molecule has 1 heterocycles. The maximum atomic E-state index is 14.7. The molecular formula is C22H20F3N3O2. The van der Waals surface area contributed by atoms with E-state index in [0.717, 1.165) is 12.8 Å². The van der Waals surface area contributed by atoms with Crippen molar-refractivity contribution in [3.63, 3.8) is 0 Å². The van der Waals surface area contributed by atoms with Crippen molar-refractivity contribution in [1.29, 1.82) is 0 Å². The van der Waals surface area contributed by atoms with Crippen molar-refractivity contribution < 1.29 is 22.7 Å². The number of guanidine groups is 1. The summed E-state index contributed by atoms with van der Waals surface area (Å²) in [5.74, 6) is -0.575. The summed E-state index contributed by atoms with van der Waals surface area (Å²) in [6, 6.07) is 12.1. The number of allylic oxidation sites excluding steroid dienone is 1. The quantitative estimate of drug-likeness (QED) is 0.774.